The lowest BCUT2D eigenvalue weighted by Crippen LogP contribution is -1.89. The van der Waals surface area contributed by atoms with Crippen molar-refractivity contribution in [3.8, 4) is 11.5 Å². The van der Waals surface area contributed by atoms with Crippen LogP contribution >= 0.6 is 0 Å². The monoisotopic (exact) mass is 192 g/mol. The smallest absolute Gasteiger partial charge is 0.164 e. The number of hydrogen-bond donors (Lipinski definition) is 0. The Kier molecular flexibility index (Phi) is 2.08. The van der Waals surface area contributed by atoms with E-state index in [1.54, 1.807) is 20.5 Å². The molecule has 1 aromatic carbocycles. The molecule has 14 heavy (non-hydrogen) atoms. The van der Waals surface area contributed by atoms with Crippen molar-refractivity contribution in [2.75, 3.05) is 14.2 Å². The predicted octanol–water partition coefficient (Wildman–Crippen LogP) is 2.76. The van der Waals surface area contributed by atoms with E-state index in [0.29, 0.717) is 5.75 Å². The topological polar surface area (TPSA) is 31.6 Å². The normalized spacial score (nSPS) is 10.5. The molecule has 74 valence electrons. The number of hydrogen-bond acceptors (Lipinski definition) is 3. The minimum atomic E-state index is 0.689. The fraction of sp³-hybridized carbons (Fsp3) is 0.273. The highest BCUT2D eigenvalue weighted by Gasteiger charge is 2.09. The van der Waals surface area contributed by atoms with Crippen LogP contribution in [0.3, 0.4) is 0 Å². The highest BCUT2D eigenvalue weighted by Crippen LogP contribution is 2.34. The van der Waals surface area contributed by atoms with E-state index in [2.05, 4.69) is 0 Å². The molecule has 2 aromatic rings. The van der Waals surface area contributed by atoms with Crippen LogP contribution < -0.4 is 9.47 Å². The van der Waals surface area contributed by atoms with Gasteiger partial charge in [0.25, 0.3) is 0 Å². The molecular formula is C11H12O3. The second-order valence-corrected chi connectivity index (χ2v) is 3.12. The fourth-order valence-electron chi connectivity index (χ4n) is 1.48. The molecule has 0 aliphatic heterocycles. The summed E-state index contributed by atoms with van der Waals surface area (Å²) in [5, 5.41) is 1.06. The van der Waals surface area contributed by atoms with Crippen molar-refractivity contribution in [3.05, 3.63) is 24.0 Å². The SMILES string of the molecule is COc1cc2occ(C)c2cc1OC. The van der Waals surface area contributed by atoms with Gasteiger partial charge in [-0.3, -0.25) is 0 Å². The van der Waals surface area contributed by atoms with E-state index >= 15 is 0 Å². The van der Waals surface area contributed by atoms with Crippen molar-refractivity contribution >= 4 is 11.0 Å². The highest BCUT2D eigenvalue weighted by atomic mass is 16.5. The van der Waals surface area contributed by atoms with Gasteiger partial charge >= 0.3 is 0 Å². The molecule has 3 nitrogen and oxygen atoms in total. The summed E-state index contributed by atoms with van der Waals surface area (Å²) in [4.78, 5) is 0. The minimum absolute atomic E-state index is 0.689. The number of benzene rings is 1. The lowest BCUT2D eigenvalue weighted by Gasteiger charge is -2.06. The summed E-state index contributed by atoms with van der Waals surface area (Å²) in [6.45, 7) is 2.00. The van der Waals surface area contributed by atoms with Gasteiger partial charge in [0.1, 0.15) is 5.58 Å². The molecule has 0 bridgehead atoms. The summed E-state index contributed by atoms with van der Waals surface area (Å²) in [7, 11) is 3.23. The van der Waals surface area contributed by atoms with Gasteiger partial charge < -0.3 is 13.9 Å². The zero-order chi connectivity index (χ0) is 10.1. The first-order valence-corrected chi connectivity index (χ1v) is 4.36. The average Bonchev–Trinajstić information content (AvgIpc) is 2.58. The van der Waals surface area contributed by atoms with Crippen LogP contribution in [0.15, 0.2) is 22.8 Å². The summed E-state index contributed by atoms with van der Waals surface area (Å²) < 4.78 is 15.7. The van der Waals surface area contributed by atoms with Crippen LogP contribution in [-0.2, 0) is 0 Å². The van der Waals surface area contributed by atoms with Gasteiger partial charge in [-0.2, -0.15) is 0 Å². The Hall–Kier alpha value is -1.64. The van der Waals surface area contributed by atoms with Gasteiger partial charge in [0.2, 0.25) is 0 Å². The third-order valence-electron chi connectivity index (χ3n) is 2.27. The minimum Gasteiger partial charge on any atom is -0.493 e. The van der Waals surface area contributed by atoms with Gasteiger partial charge in [-0.15, -0.1) is 0 Å². The lowest BCUT2D eigenvalue weighted by atomic mass is 10.2. The van der Waals surface area contributed by atoms with Gasteiger partial charge in [0.05, 0.1) is 20.5 Å². The molecule has 0 atom stereocenters. The standard InChI is InChI=1S/C11H12O3/c1-7-6-14-9-5-11(13-3)10(12-2)4-8(7)9/h4-6H,1-3H3. The largest absolute Gasteiger partial charge is 0.493 e. The summed E-state index contributed by atoms with van der Waals surface area (Å²) in [5.41, 5.74) is 1.92. The molecule has 0 fully saturated rings. The molecule has 2 rings (SSSR count). The first-order chi connectivity index (χ1) is 6.76. The summed E-state index contributed by atoms with van der Waals surface area (Å²) >= 11 is 0. The molecule has 0 saturated carbocycles. The number of methoxy groups -OCH3 is 2. The van der Waals surface area contributed by atoms with Gasteiger partial charge in [-0.25, -0.2) is 0 Å². The Morgan fingerprint density at radius 3 is 2.36 bits per heavy atom. The molecule has 0 amide bonds. The highest BCUT2D eigenvalue weighted by molar-refractivity contribution is 5.84. The van der Waals surface area contributed by atoms with E-state index in [1.165, 1.54) is 0 Å². The van der Waals surface area contributed by atoms with Gasteiger partial charge in [0, 0.05) is 11.5 Å². The molecule has 0 radical (unpaired) electrons. The third-order valence-corrected chi connectivity index (χ3v) is 2.27. The molecular weight excluding hydrogens is 180 g/mol. The second kappa shape index (κ2) is 3.25. The quantitative estimate of drug-likeness (QED) is 0.733. The maximum atomic E-state index is 5.36. The number of furan rings is 1. The number of aryl methyl sites for hydroxylation is 1. The third kappa shape index (κ3) is 1.21. The van der Waals surface area contributed by atoms with Crippen molar-refractivity contribution in [1.29, 1.82) is 0 Å². The Bertz CT molecular complexity index is 457. The zero-order valence-electron chi connectivity index (χ0n) is 8.46. The number of rotatable bonds is 2. The van der Waals surface area contributed by atoms with Crippen LogP contribution in [-0.4, -0.2) is 14.2 Å². The number of fused-ring (bicyclic) bond motifs is 1. The maximum Gasteiger partial charge on any atom is 0.164 e. The average molecular weight is 192 g/mol. The molecule has 3 heteroatoms. The Labute approximate surface area is 82.2 Å². The lowest BCUT2D eigenvalue weighted by molar-refractivity contribution is 0.355. The van der Waals surface area contributed by atoms with Crippen LogP contribution in [0.4, 0.5) is 0 Å². The van der Waals surface area contributed by atoms with Crippen molar-refractivity contribution in [1.82, 2.24) is 0 Å². The molecule has 0 spiro atoms. The van der Waals surface area contributed by atoms with Gasteiger partial charge in [-0.05, 0) is 18.6 Å². The molecule has 0 saturated heterocycles. The van der Waals surface area contributed by atoms with Crippen LogP contribution in [0, 0.1) is 6.92 Å². The van der Waals surface area contributed by atoms with Crippen molar-refractivity contribution in [2.45, 2.75) is 6.92 Å². The molecule has 1 heterocycles. The van der Waals surface area contributed by atoms with E-state index in [1.807, 2.05) is 19.1 Å². The van der Waals surface area contributed by atoms with E-state index in [0.717, 1.165) is 22.3 Å². The van der Waals surface area contributed by atoms with Crippen LogP contribution in [0.5, 0.6) is 11.5 Å². The van der Waals surface area contributed by atoms with Crippen LogP contribution in [0.1, 0.15) is 5.56 Å². The van der Waals surface area contributed by atoms with Crippen LogP contribution in [0.25, 0.3) is 11.0 Å². The Balaban J connectivity index is 2.71. The molecule has 1 aromatic heterocycles. The predicted molar refractivity (Wildman–Crippen MR) is 54.1 cm³/mol. The van der Waals surface area contributed by atoms with Gasteiger partial charge in [0.15, 0.2) is 11.5 Å². The van der Waals surface area contributed by atoms with Crippen molar-refractivity contribution in [2.24, 2.45) is 0 Å². The van der Waals surface area contributed by atoms with Crippen LogP contribution in [0.2, 0.25) is 0 Å². The molecule has 0 aliphatic rings. The van der Waals surface area contributed by atoms with E-state index in [-0.39, 0.29) is 0 Å². The van der Waals surface area contributed by atoms with E-state index < -0.39 is 0 Å². The molecule has 0 N–H and O–H groups in total. The summed E-state index contributed by atoms with van der Waals surface area (Å²) in [6.07, 6.45) is 1.73. The maximum absolute atomic E-state index is 5.36. The molecule has 0 aliphatic carbocycles. The fourth-order valence-corrected chi connectivity index (χ4v) is 1.48. The Morgan fingerprint density at radius 2 is 1.71 bits per heavy atom. The van der Waals surface area contributed by atoms with Crippen molar-refractivity contribution < 1.29 is 13.9 Å². The van der Waals surface area contributed by atoms with E-state index in [9.17, 15) is 0 Å². The zero-order valence-corrected chi connectivity index (χ0v) is 8.46. The Morgan fingerprint density at radius 1 is 1.07 bits per heavy atom. The molecule has 0 unspecified atom stereocenters. The first kappa shape index (κ1) is 8.94. The first-order valence-electron chi connectivity index (χ1n) is 4.36. The second-order valence-electron chi connectivity index (χ2n) is 3.12. The van der Waals surface area contributed by atoms with Crippen molar-refractivity contribution in [3.63, 3.8) is 0 Å². The number of ether oxygens (including phenoxy) is 2. The van der Waals surface area contributed by atoms with E-state index in [4.69, 9.17) is 13.9 Å². The summed E-state index contributed by atoms with van der Waals surface area (Å²) in [5.74, 6) is 1.42. The van der Waals surface area contributed by atoms with Gasteiger partial charge in [-0.1, -0.05) is 0 Å². The summed E-state index contributed by atoms with van der Waals surface area (Å²) in [6, 6.07) is 3.76.